The van der Waals surface area contributed by atoms with Crippen LogP contribution in [0.4, 0.5) is 5.69 Å². The third-order valence-electron chi connectivity index (χ3n) is 4.73. The average molecular weight is 412 g/mol. The zero-order chi connectivity index (χ0) is 21.0. The molecule has 0 saturated heterocycles. The van der Waals surface area contributed by atoms with Gasteiger partial charge in [-0.1, -0.05) is 42.1 Å². The molecule has 29 heavy (non-hydrogen) atoms. The van der Waals surface area contributed by atoms with E-state index in [9.17, 15) is 9.59 Å². The van der Waals surface area contributed by atoms with Crippen molar-refractivity contribution in [2.45, 2.75) is 37.7 Å². The molecule has 6 nitrogen and oxygen atoms in total. The number of thioether (sulfide) groups is 1. The molecule has 3 rings (SSSR count). The highest BCUT2D eigenvalue weighted by molar-refractivity contribution is 8.00. The SMILES string of the molecule is COCCn1c(SC(C)C(=O)Nc2c(C)cccc2C)nc2ccccc2c1=O. The molecule has 1 heterocycles. The van der Waals surface area contributed by atoms with Crippen molar-refractivity contribution in [2.75, 3.05) is 19.0 Å². The van der Waals surface area contributed by atoms with E-state index in [1.54, 1.807) is 17.7 Å². The van der Waals surface area contributed by atoms with Gasteiger partial charge < -0.3 is 10.1 Å². The van der Waals surface area contributed by atoms with Crippen LogP contribution < -0.4 is 10.9 Å². The number of nitrogens with one attached hydrogen (secondary N) is 1. The van der Waals surface area contributed by atoms with Crippen molar-refractivity contribution in [1.82, 2.24) is 9.55 Å². The number of carbonyl (C=O) groups is 1. The first kappa shape index (κ1) is 21.1. The number of amides is 1. The molecular weight excluding hydrogens is 386 g/mol. The van der Waals surface area contributed by atoms with Crippen LogP contribution in [0.2, 0.25) is 0 Å². The molecule has 0 saturated carbocycles. The second kappa shape index (κ2) is 9.24. The smallest absolute Gasteiger partial charge is 0.262 e. The van der Waals surface area contributed by atoms with Crippen molar-refractivity contribution in [3.63, 3.8) is 0 Å². The Hall–Kier alpha value is -2.64. The fraction of sp³-hybridized carbons (Fsp3) is 0.318. The topological polar surface area (TPSA) is 73.2 Å². The van der Waals surface area contributed by atoms with Crippen molar-refractivity contribution in [1.29, 1.82) is 0 Å². The summed E-state index contributed by atoms with van der Waals surface area (Å²) in [6.07, 6.45) is 0. The number of ether oxygens (including phenoxy) is 1. The number of aryl methyl sites for hydroxylation is 2. The molecule has 2 aromatic carbocycles. The third kappa shape index (κ3) is 4.68. The monoisotopic (exact) mass is 411 g/mol. The molecule has 152 valence electrons. The number of anilines is 1. The highest BCUT2D eigenvalue weighted by Gasteiger charge is 2.20. The number of nitrogens with zero attached hydrogens (tertiary/aromatic N) is 2. The molecule has 1 aromatic heterocycles. The van der Waals surface area contributed by atoms with Gasteiger partial charge in [-0.3, -0.25) is 14.2 Å². The molecule has 0 radical (unpaired) electrons. The number of methoxy groups -OCH3 is 1. The number of rotatable bonds is 7. The molecule has 0 aliphatic carbocycles. The minimum Gasteiger partial charge on any atom is -0.383 e. The number of benzene rings is 2. The molecule has 0 spiro atoms. The predicted octanol–water partition coefficient (Wildman–Crippen LogP) is 3.78. The average Bonchev–Trinajstić information content (AvgIpc) is 2.70. The van der Waals surface area contributed by atoms with Gasteiger partial charge in [0.1, 0.15) is 0 Å². The number of fused-ring (bicyclic) bond motifs is 1. The lowest BCUT2D eigenvalue weighted by Crippen LogP contribution is -2.28. The minimum atomic E-state index is -0.434. The van der Waals surface area contributed by atoms with E-state index in [1.807, 2.05) is 57.2 Å². The van der Waals surface area contributed by atoms with Gasteiger partial charge in [0.25, 0.3) is 5.56 Å². The lowest BCUT2D eigenvalue weighted by molar-refractivity contribution is -0.115. The first-order valence-electron chi connectivity index (χ1n) is 9.44. The Bertz CT molecular complexity index is 1070. The van der Waals surface area contributed by atoms with E-state index in [4.69, 9.17) is 4.74 Å². The van der Waals surface area contributed by atoms with Gasteiger partial charge in [0.05, 0.1) is 29.3 Å². The van der Waals surface area contributed by atoms with Crippen LogP contribution in [0.3, 0.4) is 0 Å². The van der Waals surface area contributed by atoms with Gasteiger partial charge >= 0.3 is 0 Å². The molecule has 0 aliphatic heterocycles. The maximum atomic E-state index is 12.9. The Labute approximate surface area is 174 Å². The molecule has 0 bridgehead atoms. The third-order valence-corrected chi connectivity index (χ3v) is 5.82. The Kier molecular flexibility index (Phi) is 6.71. The van der Waals surface area contributed by atoms with E-state index >= 15 is 0 Å². The summed E-state index contributed by atoms with van der Waals surface area (Å²) in [5, 5.41) is 3.64. The fourth-order valence-electron chi connectivity index (χ4n) is 3.07. The molecule has 1 N–H and O–H groups in total. The van der Waals surface area contributed by atoms with Crippen LogP contribution in [0.1, 0.15) is 18.1 Å². The van der Waals surface area contributed by atoms with Crippen molar-refractivity contribution in [3.05, 3.63) is 63.9 Å². The summed E-state index contributed by atoms with van der Waals surface area (Å²) >= 11 is 1.27. The van der Waals surface area contributed by atoms with Gasteiger partial charge in [-0.2, -0.15) is 0 Å². The van der Waals surface area contributed by atoms with Crippen molar-refractivity contribution in [2.24, 2.45) is 0 Å². The van der Waals surface area contributed by atoms with Crippen LogP contribution in [-0.4, -0.2) is 34.4 Å². The molecule has 1 atom stereocenters. The van der Waals surface area contributed by atoms with E-state index in [-0.39, 0.29) is 11.5 Å². The van der Waals surface area contributed by atoms with Gasteiger partial charge in [0.15, 0.2) is 5.16 Å². The zero-order valence-electron chi connectivity index (χ0n) is 17.1. The van der Waals surface area contributed by atoms with Crippen LogP contribution in [0, 0.1) is 13.8 Å². The molecule has 0 aliphatic rings. The van der Waals surface area contributed by atoms with E-state index in [2.05, 4.69) is 10.3 Å². The Morgan fingerprint density at radius 3 is 2.55 bits per heavy atom. The Balaban J connectivity index is 1.89. The van der Waals surface area contributed by atoms with E-state index in [0.717, 1.165) is 16.8 Å². The molecule has 1 amide bonds. The lowest BCUT2D eigenvalue weighted by atomic mass is 10.1. The minimum absolute atomic E-state index is 0.127. The number of carbonyl (C=O) groups excluding carboxylic acids is 1. The van der Waals surface area contributed by atoms with Crippen LogP contribution >= 0.6 is 11.8 Å². The highest BCUT2D eigenvalue weighted by Crippen LogP contribution is 2.25. The number of hydrogen-bond donors (Lipinski definition) is 1. The number of para-hydroxylation sites is 2. The molecule has 0 fully saturated rings. The van der Waals surface area contributed by atoms with Crippen LogP contribution in [-0.2, 0) is 16.1 Å². The number of hydrogen-bond acceptors (Lipinski definition) is 5. The van der Waals surface area contributed by atoms with Crippen LogP contribution in [0.5, 0.6) is 0 Å². The van der Waals surface area contributed by atoms with Crippen molar-refractivity contribution in [3.8, 4) is 0 Å². The molecular formula is C22H25N3O3S. The normalized spacial score (nSPS) is 12.1. The highest BCUT2D eigenvalue weighted by atomic mass is 32.2. The second-order valence-electron chi connectivity index (χ2n) is 6.88. The lowest BCUT2D eigenvalue weighted by Gasteiger charge is -2.17. The summed E-state index contributed by atoms with van der Waals surface area (Å²) in [7, 11) is 1.59. The van der Waals surface area contributed by atoms with Gasteiger partial charge in [-0.25, -0.2) is 4.98 Å². The first-order chi connectivity index (χ1) is 13.9. The zero-order valence-corrected chi connectivity index (χ0v) is 17.9. The second-order valence-corrected chi connectivity index (χ2v) is 8.19. The summed E-state index contributed by atoms with van der Waals surface area (Å²) in [4.78, 5) is 30.4. The van der Waals surface area contributed by atoms with Gasteiger partial charge in [-0.15, -0.1) is 0 Å². The Morgan fingerprint density at radius 1 is 1.17 bits per heavy atom. The largest absolute Gasteiger partial charge is 0.383 e. The number of aromatic nitrogens is 2. The molecule has 7 heteroatoms. The predicted molar refractivity (Wildman–Crippen MR) is 118 cm³/mol. The first-order valence-corrected chi connectivity index (χ1v) is 10.3. The standard InChI is InChI=1S/C22H25N3O3S/c1-14-8-7-9-15(2)19(14)24-20(26)16(3)29-22-23-18-11-6-5-10-17(18)21(27)25(22)12-13-28-4/h5-11,16H,12-13H2,1-4H3,(H,24,26). The van der Waals surface area contributed by atoms with Crippen molar-refractivity contribution < 1.29 is 9.53 Å². The van der Waals surface area contributed by atoms with Gasteiger partial charge in [0, 0.05) is 12.8 Å². The summed E-state index contributed by atoms with van der Waals surface area (Å²) in [6.45, 7) is 6.51. The van der Waals surface area contributed by atoms with E-state index < -0.39 is 5.25 Å². The summed E-state index contributed by atoms with van der Waals surface area (Å²) in [6, 6.07) is 13.1. The molecule has 3 aromatic rings. The van der Waals surface area contributed by atoms with Gasteiger partial charge in [0.2, 0.25) is 5.91 Å². The fourth-order valence-corrected chi connectivity index (χ4v) is 4.00. The maximum absolute atomic E-state index is 12.9. The summed E-state index contributed by atoms with van der Waals surface area (Å²) in [5.74, 6) is -0.131. The maximum Gasteiger partial charge on any atom is 0.262 e. The van der Waals surface area contributed by atoms with Crippen LogP contribution in [0.15, 0.2) is 52.4 Å². The molecule has 1 unspecified atom stereocenters. The van der Waals surface area contributed by atoms with Crippen molar-refractivity contribution >= 4 is 34.3 Å². The van der Waals surface area contributed by atoms with Gasteiger partial charge in [-0.05, 0) is 44.0 Å². The summed E-state index contributed by atoms with van der Waals surface area (Å²) in [5.41, 5.74) is 3.34. The quantitative estimate of drug-likeness (QED) is 0.473. The summed E-state index contributed by atoms with van der Waals surface area (Å²) < 4.78 is 6.73. The Morgan fingerprint density at radius 2 is 1.86 bits per heavy atom. The van der Waals surface area contributed by atoms with E-state index in [0.29, 0.717) is 29.2 Å². The van der Waals surface area contributed by atoms with E-state index in [1.165, 1.54) is 11.8 Å². The van der Waals surface area contributed by atoms with Crippen LogP contribution in [0.25, 0.3) is 10.9 Å².